The third-order valence-electron chi connectivity index (χ3n) is 3.80. The van der Waals surface area contributed by atoms with Crippen LogP contribution in [0.15, 0.2) is 10.1 Å². The van der Waals surface area contributed by atoms with E-state index in [0.29, 0.717) is 11.6 Å². The molecule has 2 amide bonds. The maximum absolute atomic E-state index is 12.2. The average molecular weight is 310 g/mol. The molecule has 1 aliphatic carbocycles. The van der Waals surface area contributed by atoms with Gasteiger partial charge >= 0.3 is 6.09 Å². The Labute approximate surface area is 131 Å². The van der Waals surface area contributed by atoms with Crippen LogP contribution in [0.5, 0.6) is 0 Å². The molecule has 2 unspecified atom stereocenters. The van der Waals surface area contributed by atoms with Crippen LogP contribution in [0.3, 0.4) is 0 Å². The van der Waals surface area contributed by atoms with E-state index in [1.165, 1.54) is 18.4 Å². The van der Waals surface area contributed by atoms with Crippen molar-refractivity contribution in [3.05, 3.63) is 0 Å². The molecule has 0 bridgehead atoms. The minimum atomic E-state index is -0.720. The van der Waals surface area contributed by atoms with E-state index in [9.17, 15) is 9.59 Å². The average Bonchev–Trinajstić information content (AvgIpc) is 2.49. The molecule has 0 aromatic rings. The molecule has 1 saturated carbocycles. The Morgan fingerprint density at radius 1 is 1.23 bits per heavy atom. The Bertz CT molecular complexity index is 471. The monoisotopic (exact) mass is 310 g/mol. The molecule has 0 aromatic heterocycles. The van der Waals surface area contributed by atoms with Crippen LogP contribution >= 0.6 is 0 Å². The largest absolute Gasteiger partial charge is 0.433 e. The van der Waals surface area contributed by atoms with Gasteiger partial charge in [0.2, 0.25) is 0 Å². The molecule has 0 aromatic carbocycles. The molecular formula is C15H26N4O3. The molecule has 7 nitrogen and oxygen atoms in total. The maximum Gasteiger partial charge on any atom is 0.433 e. The lowest BCUT2D eigenvalue weighted by Crippen LogP contribution is -2.36. The lowest BCUT2D eigenvalue weighted by Gasteiger charge is -2.26. The van der Waals surface area contributed by atoms with Gasteiger partial charge in [-0.05, 0) is 25.7 Å². The lowest BCUT2D eigenvalue weighted by atomic mass is 9.86. The van der Waals surface area contributed by atoms with Crippen LogP contribution in [0.1, 0.15) is 39.5 Å². The van der Waals surface area contributed by atoms with Crippen molar-refractivity contribution in [2.45, 2.75) is 45.6 Å². The Kier molecular flexibility index (Phi) is 7.01. The molecule has 2 atom stereocenters. The highest BCUT2D eigenvalue weighted by Crippen LogP contribution is 2.26. The fourth-order valence-corrected chi connectivity index (χ4v) is 2.40. The minimum absolute atomic E-state index is 0.0615. The SMILES string of the molecule is CNC(=O)O/N=C(C(=O)N(C)C)\C(C)=N\C1CCCCC1C. The molecule has 1 aliphatic rings. The molecule has 0 saturated heterocycles. The highest BCUT2D eigenvalue weighted by Gasteiger charge is 2.24. The van der Waals surface area contributed by atoms with Gasteiger partial charge in [0.25, 0.3) is 5.91 Å². The molecule has 1 fully saturated rings. The van der Waals surface area contributed by atoms with E-state index in [1.54, 1.807) is 21.0 Å². The summed E-state index contributed by atoms with van der Waals surface area (Å²) in [5.41, 5.74) is 0.563. The maximum atomic E-state index is 12.2. The van der Waals surface area contributed by atoms with Gasteiger partial charge in [-0.1, -0.05) is 24.9 Å². The van der Waals surface area contributed by atoms with Gasteiger partial charge in [-0.2, -0.15) is 0 Å². The third kappa shape index (κ3) is 5.13. The van der Waals surface area contributed by atoms with Crippen molar-refractivity contribution < 1.29 is 14.4 Å². The third-order valence-corrected chi connectivity index (χ3v) is 3.80. The predicted octanol–water partition coefficient (Wildman–Crippen LogP) is 1.83. The zero-order valence-corrected chi connectivity index (χ0v) is 14.0. The summed E-state index contributed by atoms with van der Waals surface area (Å²) in [4.78, 5) is 34.1. The Morgan fingerprint density at radius 3 is 2.41 bits per heavy atom. The van der Waals surface area contributed by atoms with Crippen molar-refractivity contribution in [1.29, 1.82) is 0 Å². The molecule has 22 heavy (non-hydrogen) atoms. The van der Waals surface area contributed by atoms with Gasteiger partial charge in [-0.15, -0.1) is 0 Å². The summed E-state index contributed by atoms with van der Waals surface area (Å²) in [6.07, 6.45) is 3.81. The first-order valence-electron chi connectivity index (χ1n) is 7.60. The van der Waals surface area contributed by atoms with Crippen LogP contribution in [0.2, 0.25) is 0 Å². The Morgan fingerprint density at radius 2 is 1.86 bits per heavy atom. The second-order valence-corrected chi connectivity index (χ2v) is 5.81. The van der Waals surface area contributed by atoms with Gasteiger partial charge in [0, 0.05) is 21.1 Å². The molecular weight excluding hydrogens is 284 g/mol. The minimum Gasteiger partial charge on any atom is -0.343 e. The Balaban J connectivity index is 2.98. The summed E-state index contributed by atoms with van der Waals surface area (Å²) in [5, 5.41) is 5.97. The number of carbonyl (C=O) groups excluding carboxylic acids is 2. The first-order chi connectivity index (χ1) is 10.4. The van der Waals surface area contributed by atoms with E-state index in [4.69, 9.17) is 0 Å². The number of carbonyl (C=O) groups is 2. The van der Waals surface area contributed by atoms with E-state index in [2.05, 4.69) is 27.2 Å². The number of nitrogens with zero attached hydrogens (tertiary/aromatic N) is 3. The summed E-state index contributed by atoms with van der Waals surface area (Å²) in [6, 6.07) is 0.189. The van der Waals surface area contributed by atoms with Crippen molar-refractivity contribution in [3.8, 4) is 0 Å². The van der Waals surface area contributed by atoms with Crippen molar-refractivity contribution >= 4 is 23.4 Å². The van der Waals surface area contributed by atoms with Gasteiger partial charge in [0.15, 0.2) is 5.71 Å². The van der Waals surface area contributed by atoms with Crippen LogP contribution in [-0.2, 0) is 9.63 Å². The van der Waals surface area contributed by atoms with Crippen LogP contribution < -0.4 is 5.32 Å². The van der Waals surface area contributed by atoms with Crippen molar-refractivity contribution in [3.63, 3.8) is 0 Å². The van der Waals surface area contributed by atoms with E-state index >= 15 is 0 Å². The molecule has 0 spiro atoms. The number of rotatable bonds is 4. The van der Waals surface area contributed by atoms with Gasteiger partial charge in [0.1, 0.15) is 0 Å². The first kappa shape index (κ1) is 18.1. The number of nitrogens with one attached hydrogen (secondary N) is 1. The lowest BCUT2D eigenvalue weighted by molar-refractivity contribution is -0.121. The number of aliphatic imine (C=N–C) groups is 1. The van der Waals surface area contributed by atoms with Gasteiger partial charge < -0.3 is 10.2 Å². The van der Waals surface area contributed by atoms with Crippen LogP contribution in [-0.4, -0.2) is 55.5 Å². The standard InChI is InChI=1S/C15H26N4O3/c1-10-8-6-7-9-12(10)17-11(2)13(14(20)19(4)5)18-22-15(21)16-3/h10,12H,6-9H2,1-5H3,(H,16,21)/b17-11+,18-13+. The van der Waals surface area contributed by atoms with Crippen LogP contribution in [0.4, 0.5) is 4.79 Å². The zero-order valence-electron chi connectivity index (χ0n) is 14.0. The summed E-state index contributed by atoms with van der Waals surface area (Å²) in [7, 11) is 4.67. The smallest absolute Gasteiger partial charge is 0.343 e. The van der Waals surface area contributed by atoms with Crippen molar-refractivity contribution in [2.75, 3.05) is 21.1 Å². The second-order valence-electron chi connectivity index (χ2n) is 5.81. The van der Waals surface area contributed by atoms with E-state index < -0.39 is 6.09 Å². The predicted molar refractivity (Wildman–Crippen MR) is 86.2 cm³/mol. The van der Waals surface area contributed by atoms with Gasteiger partial charge in [-0.3, -0.25) is 14.6 Å². The van der Waals surface area contributed by atoms with Gasteiger partial charge in [0.05, 0.1) is 11.8 Å². The van der Waals surface area contributed by atoms with E-state index in [0.717, 1.165) is 19.3 Å². The number of hydrogen-bond acceptors (Lipinski definition) is 5. The quantitative estimate of drug-likeness (QED) is 0.488. The number of hydrogen-bond donors (Lipinski definition) is 1. The molecule has 124 valence electrons. The summed E-state index contributed by atoms with van der Waals surface area (Å²) in [6.45, 7) is 3.90. The molecule has 1 N–H and O–H groups in total. The first-order valence-corrected chi connectivity index (χ1v) is 7.60. The topological polar surface area (TPSA) is 83.4 Å². The number of amides is 2. The Hall–Kier alpha value is -1.92. The number of oxime groups is 1. The molecule has 1 rings (SSSR count). The van der Waals surface area contributed by atoms with E-state index in [-0.39, 0.29) is 17.7 Å². The normalized spacial score (nSPS) is 23.0. The molecule has 0 aliphatic heterocycles. The van der Waals surface area contributed by atoms with E-state index in [1.807, 2.05) is 0 Å². The van der Waals surface area contributed by atoms with Gasteiger partial charge in [-0.25, -0.2) is 4.79 Å². The van der Waals surface area contributed by atoms with Crippen molar-refractivity contribution in [2.24, 2.45) is 16.1 Å². The van der Waals surface area contributed by atoms with Crippen LogP contribution in [0, 0.1) is 5.92 Å². The molecule has 0 heterocycles. The van der Waals surface area contributed by atoms with Crippen molar-refractivity contribution in [1.82, 2.24) is 10.2 Å². The molecule has 7 heteroatoms. The highest BCUT2D eigenvalue weighted by molar-refractivity contribution is 6.66. The molecule has 0 radical (unpaired) electrons. The summed E-state index contributed by atoms with van der Waals surface area (Å²) in [5.74, 6) is 0.146. The highest BCUT2D eigenvalue weighted by atomic mass is 16.7. The second kappa shape index (κ2) is 8.51. The zero-order chi connectivity index (χ0) is 16.7. The van der Waals surface area contributed by atoms with Crippen LogP contribution in [0.25, 0.3) is 0 Å². The fraction of sp³-hybridized carbons (Fsp3) is 0.733. The summed E-state index contributed by atoms with van der Waals surface area (Å²) >= 11 is 0. The summed E-state index contributed by atoms with van der Waals surface area (Å²) < 4.78 is 0. The fourth-order valence-electron chi connectivity index (χ4n) is 2.40.